The molecule has 0 aromatic heterocycles. The van der Waals surface area contributed by atoms with Crippen molar-refractivity contribution < 1.29 is 8.54 Å². The van der Waals surface area contributed by atoms with Crippen LogP contribution in [0.5, 0.6) is 0 Å². The number of unbranched alkanes of at least 4 members (excludes halogenated alkanes) is 3. The molecule has 0 atom stereocenters. The van der Waals surface area contributed by atoms with Crippen molar-refractivity contribution >= 4 is 40.3 Å². The van der Waals surface area contributed by atoms with Crippen molar-refractivity contribution in [2.24, 2.45) is 0 Å². The maximum atomic E-state index is 4.93. The molecule has 5 heteroatoms. The van der Waals surface area contributed by atoms with Gasteiger partial charge >= 0.3 is 92.4 Å². The monoisotopic (exact) mass is 413 g/mol. The third kappa shape index (κ3) is 21.6. The summed E-state index contributed by atoms with van der Waals surface area (Å²) in [5.41, 5.74) is 0. The molecule has 0 saturated carbocycles. The minimum absolute atomic E-state index is 0.517. The maximum absolute atomic E-state index is 4.93. The van der Waals surface area contributed by atoms with Gasteiger partial charge in [0.15, 0.2) is 0 Å². The Morgan fingerprint density at radius 2 is 1.26 bits per heavy atom. The fraction of sp³-hybridized carbons (Fsp3) is 1.00. The Morgan fingerprint density at radius 3 is 1.47 bits per heavy atom. The Hall–Kier alpha value is 1.15. The van der Waals surface area contributed by atoms with E-state index in [1.165, 1.54) is 38.5 Å². The molecule has 0 aliphatic heterocycles. The summed E-state index contributed by atoms with van der Waals surface area (Å²) in [6.07, 6.45) is 8.85. The summed E-state index contributed by atoms with van der Waals surface area (Å²) in [5, 5.41) is 0. The molecule has 0 aromatic carbocycles. The minimum atomic E-state index is -0.839. The Kier molecular flexibility index (Phi) is 25.3. The van der Waals surface area contributed by atoms with Gasteiger partial charge in [0.05, 0.1) is 0 Å². The van der Waals surface area contributed by atoms with E-state index in [-0.39, 0.29) is 0 Å². The van der Waals surface area contributed by atoms with Crippen molar-refractivity contribution in [3.05, 3.63) is 0 Å². The molecular weight excluding hydrogens is 375 g/mol. The van der Waals surface area contributed by atoms with Gasteiger partial charge in [-0.3, -0.25) is 0 Å². The van der Waals surface area contributed by atoms with Crippen LogP contribution >= 0.6 is 0 Å². The van der Waals surface area contributed by atoms with E-state index in [4.69, 9.17) is 8.54 Å². The summed E-state index contributed by atoms with van der Waals surface area (Å²) in [4.78, 5) is 0. The van der Waals surface area contributed by atoms with Crippen molar-refractivity contribution in [3.8, 4) is 0 Å². The zero-order valence-corrected chi connectivity index (χ0v) is 20.4. The van der Waals surface area contributed by atoms with E-state index in [0.29, 0.717) is 0 Å². The topological polar surface area (TPSA) is 18.5 Å². The van der Waals surface area contributed by atoms with Crippen LogP contribution in [0.25, 0.3) is 0 Å². The third-order valence-electron chi connectivity index (χ3n) is 3.06. The van der Waals surface area contributed by atoms with E-state index in [1.54, 1.807) is 13.3 Å². The molecule has 0 bridgehead atoms. The minimum Gasteiger partial charge on any atom is -0.449 e. The van der Waals surface area contributed by atoms with Crippen LogP contribution in [0.4, 0.5) is 0 Å². The largest absolute Gasteiger partial charge is 0.449 e. The van der Waals surface area contributed by atoms with Crippen molar-refractivity contribution in [1.82, 2.24) is 0 Å². The molecule has 0 amide bonds. The normalized spacial score (nSPS) is 11.2. The number of hydrogen-bond donors (Lipinski definition) is 0. The van der Waals surface area contributed by atoms with Gasteiger partial charge in [-0.1, -0.05) is 0 Å². The van der Waals surface area contributed by atoms with Crippen LogP contribution in [0.2, 0.25) is 13.3 Å². The van der Waals surface area contributed by atoms with Crippen LogP contribution in [0.3, 0.4) is 0 Å². The fourth-order valence-electron chi connectivity index (χ4n) is 1.82. The predicted molar refractivity (Wildman–Crippen MR) is 96.1 cm³/mol. The van der Waals surface area contributed by atoms with Crippen LogP contribution in [0, 0.1) is 0 Å². The fourth-order valence-corrected chi connectivity index (χ4v) is 12.1. The number of rotatable bonds is 12. The Balaban J connectivity index is 0. The van der Waals surface area contributed by atoms with Crippen molar-refractivity contribution in [2.45, 2.75) is 79.5 Å². The summed E-state index contributed by atoms with van der Waals surface area (Å²) in [5.74, 6) is 0. The second kappa shape index (κ2) is 21.5. The first-order chi connectivity index (χ1) is 9.26. The predicted octanol–water partition coefficient (Wildman–Crippen LogP) is 3.20. The zero-order chi connectivity index (χ0) is 14.8. The molecule has 0 N–H and O–H groups in total. The maximum Gasteiger partial charge on any atom is 0.293 e. The Morgan fingerprint density at radius 1 is 0.842 bits per heavy atom. The molecule has 117 valence electrons. The summed E-state index contributed by atoms with van der Waals surface area (Å²) in [6, 6.07) is 0. The summed E-state index contributed by atoms with van der Waals surface area (Å²) in [7, 11) is 0.323. The van der Waals surface area contributed by atoms with E-state index in [9.17, 15) is 0 Å². The van der Waals surface area contributed by atoms with E-state index < -0.39 is 29.8 Å². The number of hydrogen-bond acceptors (Lipinski definition) is 2. The van der Waals surface area contributed by atoms with Gasteiger partial charge in [0, 0.05) is 6.61 Å². The third-order valence-corrected chi connectivity index (χ3v) is 13.7. The van der Waals surface area contributed by atoms with Gasteiger partial charge in [0.25, 0.3) is 10.0 Å². The van der Waals surface area contributed by atoms with Gasteiger partial charge in [0.1, 0.15) is 10.5 Å². The average Bonchev–Trinajstić information content (AvgIpc) is 2.45. The average molecular weight is 412 g/mol. The molecule has 0 aliphatic carbocycles. The van der Waals surface area contributed by atoms with Gasteiger partial charge in [0.2, 0.25) is 0 Å². The summed E-state index contributed by atoms with van der Waals surface area (Å²) in [6.45, 7) is 9.79. The molecule has 0 aliphatic rings. The molecule has 0 heterocycles. The van der Waals surface area contributed by atoms with Crippen molar-refractivity contribution in [3.63, 3.8) is 0 Å². The van der Waals surface area contributed by atoms with Gasteiger partial charge < -0.3 is 8.54 Å². The van der Waals surface area contributed by atoms with Gasteiger partial charge in [-0.25, -0.2) is 0 Å². The molecule has 19 heavy (non-hydrogen) atoms. The van der Waals surface area contributed by atoms with Gasteiger partial charge in [-0.15, -0.1) is 0 Å². The molecule has 0 rings (SSSR count). The van der Waals surface area contributed by atoms with Crippen molar-refractivity contribution in [2.75, 3.05) is 6.61 Å². The molecule has 0 unspecified atom stereocenters. The second-order valence-corrected chi connectivity index (χ2v) is 16.5. The van der Waals surface area contributed by atoms with Gasteiger partial charge in [-0.05, 0) is 6.92 Å². The molecular formula is C14H37O2Si2Sn. The summed E-state index contributed by atoms with van der Waals surface area (Å²) >= 11 is -0.839. The summed E-state index contributed by atoms with van der Waals surface area (Å²) < 4.78 is 14.8. The first-order valence-corrected chi connectivity index (χ1v) is 16.2. The van der Waals surface area contributed by atoms with Crippen LogP contribution in [0.15, 0.2) is 0 Å². The van der Waals surface area contributed by atoms with E-state index in [0.717, 1.165) is 17.1 Å². The Labute approximate surface area is 134 Å². The molecule has 1 radical (unpaired) electrons. The molecule has 0 spiro atoms. The standard InChI is InChI=1S/3C4H9.C2H10O2Si2.Sn/c3*1-3-4-2;1-2-3-6-4-5;/h3*1,3-4H2,2H3;2,6H2,1,5H3;. The molecule has 2 nitrogen and oxygen atoms in total. The van der Waals surface area contributed by atoms with Gasteiger partial charge in [-0.2, -0.15) is 0 Å². The van der Waals surface area contributed by atoms with Crippen LogP contribution in [-0.4, -0.2) is 46.9 Å². The van der Waals surface area contributed by atoms with E-state index in [2.05, 4.69) is 20.8 Å². The molecule has 0 saturated heterocycles. The quantitative estimate of drug-likeness (QED) is 0.362. The van der Waals surface area contributed by atoms with Crippen LogP contribution in [0.1, 0.15) is 66.2 Å². The first-order valence-electron chi connectivity index (χ1n) is 8.16. The first kappa shape index (κ1) is 22.4. The van der Waals surface area contributed by atoms with E-state index in [1.807, 2.05) is 6.92 Å². The smallest absolute Gasteiger partial charge is 0.293 e. The van der Waals surface area contributed by atoms with Crippen molar-refractivity contribution in [1.29, 1.82) is 0 Å². The SMILES string of the molecule is CCC[CH2][Sn]([CH2]CCC)[CH2]CCC.CCO[SiH2]O[SiH3]. The molecule has 0 aromatic rings. The van der Waals surface area contributed by atoms with Crippen LogP contribution in [-0.2, 0) is 8.54 Å². The second-order valence-electron chi connectivity index (χ2n) is 4.96. The Bertz CT molecular complexity index is 128. The molecule has 0 fully saturated rings. The van der Waals surface area contributed by atoms with E-state index >= 15 is 0 Å². The zero-order valence-electron chi connectivity index (χ0n) is 14.1. The van der Waals surface area contributed by atoms with Crippen LogP contribution < -0.4 is 0 Å².